The molecule has 0 spiro atoms. The predicted octanol–water partition coefficient (Wildman–Crippen LogP) is 3.30. The molecule has 0 bridgehead atoms. The maximum atomic E-state index is 6.22. The minimum absolute atomic E-state index is 0.700. The van der Waals surface area contributed by atoms with Crippen LogP contribution < -0.4 is 5.32 Å². The van der Waals surface area contributed by atoms with Crippen molar-refractivity contribution in [2.45, 2.75) is 44.3 Å². The highest BCUT2D eigenvalue weighted by Crippen LogP contribution is 2.25. The zero-order valence-electron chi connectivity index (χ0n) is 11.3. The molecule has 3 heteroatoms. The number of hydrogen-bond donors (Lipinski definition) is 1. The molecule has 0 saturated heterocycles. The first-order valence-electron chi connectivity index (χ1n) is 6.81. The van der Waals surface area contributed by atoms with Crippen LogP contribution in [-0.2, 0) is 6.54 Å². The van der Waals surface area contributed by atoms with E-state index < -0.39 is 0 Å². The number of nitrogens with one attached hydrogen (secondary N) is 1. The van der Waals surface area contributed by atoms with Crippen molar-refractivity contribution in [1.29, 1.82) is 0 Å². The fourth-order valence-corrected chi connectivity index (χ4v) is 3.03. The second-order valence-corrected chi connectivity index (χ2v) is 5.71. The Morgan fingerprint density at radius 1 is 1.22 bits per heavy atom. The molecular formula is C15H23ClN2. The summed E-state index contributed by atoms with van der Waals surface area (Å²) in [5, 5.41) is 4.27. The van der Waals surface area contributed by atoms with Crippen molar-refractivity contribution in [1.82, 2.24) is 10.2 Å². The summed E-state index contributed by atoms with van der Waals surface area (Å²) in [5.41, 5.74) is 1.23. The van der Waals surface area contributed by atoms with Crippen LogP contribution >= 0.6 is 11.6 Å². The Morgan fingerprint density at radius 2 is 1.89 bits per heavy atom. The molecule has 1 aromatic rings. The van der Waals surface area contributed by atoms with Gasteiger partial charge in [-0.15, -0.1) is 0 Å². The van der Waals surface area contributed by atoms with Crippen LogP contribution in [0.3, 0.4) is 0 Å². The molecule has 0 amide bonds. The van der Waals surface area contributed by atoms with E-state index in [0.29, 0.717) is 6.04 Å². The van der Waals surface area contributed by atoms with Gasteiger partial charge in [0.05, 0.1) is 0 Å². The minimum atomic E-state index is 0.700. The van der Waals surface area contributed by atoms with Gasteiger partial charge in [-0.05, 0) is 51.4 Å². The lowest BCUT2D eigenvalue weighted by Crippen LogP contribution is -2.39. The van der Waals surface area contributed by atoms with E-state index in [0.717, 1.165) is 17.6 Å². The van der Waals surface area contributed by atoms with Gasteiger partial charge in [0.25, 0.3) is 0 Å². The van der Waals surface area contributed by atoms with Gasteiger partial charge in [-0.25, -0.2) is 0 Å². The summed E-state index contributed by atoms with van der Waals surface area (Å²) in [4.78, 5) is 2.45. The van der Waals surface area contributed by atoms with Crippen LogP contribution in [0.5, 0.6) is 0 Å². The van der Waals surface area contributed by atoms with Crippen LogP contribution in [0.1, 0.15) is 31.2 Å². The second kappa shape index (κ2) is 6.55. The molecule has 100 valence electrons. The van der Waals surface area contributed by atoms with Gasteiger partial charge >= 0.3 is 0 Å². The highest BCUT2D eigenvalue weighted by Gasteiger charge is 2.23. The molecule has 2 rings (SSSR count). The normalized spacial score (nSPS) is 24.4. The first-order valence-corrected chi connectivity index (χ1v) is 7.19. The van der Waals surface area contributed by atoms with Gasteiger partial charge in [0.1, 0.15) is 0 Å². The van der Waals surface area contributed by atoms with Gasteiger partial charge < -0.3 is 5.32 Å². The average Bonchev–Trinajstić information content (AvgIpc) is 2.41. The summed E-state index contributed by atoms with van der Waals surface area (Å²) in [7, 11) is 4.28. The Bertz CT molecular complexity index is 373. The third kappa shape index (κ3) is 3.47. The molecular weight excluding hydrogens is 244 g/mol. The third-order valence-corrected chi connectivity index (χ3v) is 4.47. The summed E-state index contributed by atoms with van der Waals surface area (Å²) < 4.78 is 0. The smallest absolute Gasteiger partial charge is 0.0451 e. The summed E-state index contributed by atoms with van der Waals surface area (Å²) in [6, 6.07) is 9.57. The van der Waals surface area contributed by atoms with Crippen molar-refractivity contribution in [3.05, 3.63) is 34.9 Å². The van der Waals surface area contributed by atoms with E-state index in [1.807, 2.05) is 12.1 Å². The Balaban J connectivity index is 1.89. The summed E-state index contributed by atoms with van der Waals surface area (Å²) >= 11 is 6.22. The second-order valence-electron chi connectivity index (χ2n) is 5.30. The first kappa shape index (κ1) is 13.9. The van der Waals surface area contributed by atoms with Crippen LogP contribution in [0.25, 0.3) is 0 Å². The lowest BCUT2D eigenvalue weighted by atomic mass is 9.90. The standard InChI is InChI=1S/C15H23ClN2/c1-17-13-7-9-14(10-8-13)18(2)11-12-5-3-4-6-15(12)16/h3-6,13-14,17H,7-11H2,1-2H3. The number of nitrogens with zero attached hydrogens (tertiary/aromatic N) is 1. The molecule has 1 aromatic carbocycles. The van der Waals surface area contributed by atoms with Gasteiger partial charge in [-0.2, -0.15) is 0 Å². The van der Waals surface area contributed by atoms with E-state index in [-0.39, 0.29) is 0 Å². The van der Waals surface area contributed by atoms with E-state index in [4.69, 9.17) is 11.6 Å². The maximum absolute atomic E-state index is 6.22. The SMILES string of the molecule is CNC1CCC(N(C)Cc2ccccc2Cl)CC1. The lowest BCUT2D eigenvalue weighted by molar-refractivity contribution is 0.170. The molecule has 1 aliphatic carbocycles. The quantitative estimate of drug-likeness (QED) is 0.900. The minimum Gasteiger partial charge on any atom is -0.317 e. The van der Waals surface area contributed by atoms with Crippen molar-refractivity contribution >= 4 is 11.6 Å². The molecule has 0 atom stereocenters. The highest BCUT2D eigenvalue weighted by molar-refractivity contribution is 6.31. The molecule has 0 radical (unpaired) electrons. The zero-order chi connectivity index (χ0) is 13.0. The lowest BCUT2D eigenvalue weighted by Gasteiger charge is -2.34. The predicted molar refractivity (Wildman–Crippen MR) is 78.0 cm³/mol. The first-order chi connectivity index (χ1) is 8.70. The number of hydrogen-bond acceptors (Lipinski definition) is 2. The van der Waals surface area contributed by atoms with Crippen molar-refractivity contribution < 1.29 is 0 Å². The van der Waals surface area contributed by atoms with Crippen molar-refractivity contribution in [2.24, 2.45) is 0 Å². The largest absolute Gasteiger partial charge is 0.317 e. The summed E-state index contributed by atoms with van der Waals surface area (Å²) in [6.07, 6.45) is 5.14. The highest BCUT2D eigenvalue weighted by atomic mass is 35.5. The van der Waals surface area contributed by atoms with E-state index in [9.17, 15) is 0 Å². The number of benzene rings is 1. The van der Waals surface area contributed by atoms with Gasteiger partial charge in [-0.1, -0.05) is 29.8 Å². The fraction of sp³-hybridized carbons (Fsp3) is 0.600. The Morgan fingerprint density at radius 3 is 2.50 bits per heavy atom. The Labute approximate surface area is 115 Å². The van der Waals surface area contributed by atoms with E-state index in [2.05, 4.69) is 36.4 Å². The molecule has 1 fully saturated rings. The van der Waals surface area contributed by atoms with Crippen LogP contribution in [0.15, 0.2) is 24.3 Å². The van der Waals surface area contributed by atoms with Crippen LogP contribution in [0, 0.1) is 0 Å². The monoisotopic (exact) mass is 266 g/mol. The van der Waals surface area contributed by atoms with Crippen molar-refractivity contribution in [3.8, 4) is 0 Å². The molecule has 2 nitrogen and oxygen atoms in total. The van der Waals surface area contributed by atoms with E-state index >= 15 is 0 Å². The van der Waals surface area contributed by atoms with Crippen molar-refractivity contribution in [3.63, 3.8) is 0 Å². The van der Waals surface area contributed by atoms with Gasteiger partial charge in [0, 0.05) is 23.7 Å². The molecule has 0 aliphatic heterocycles. The van der Waals surface area contributed by atoms with Crippen LogP contribution in [0.2, 0.25) is 5.02 Å². The van der Waals surface area contributed by atoms with E-state index in [1.54, 1.807) is 0 Å². The van der Waals surface area contributed by atoms with Gasteiger partial charge in [0.2, 0.25) is 0 Å². The maximum Gasteiger partial charge on any atom is 0.0451 e. The summed E-state index contributed by atoms with van der Waals surface area (Å²) in [5.74, 6) is 0. The zero-order valence-corrected chi connectivity index (χ0v) is 12.1. The average molecular weight is 267 g/mol. The Kier molecular flexibility index (Phi) is 5.04. The van der Waals surface area contributed by atoms with E-state index in [1.165, 1.54) is 31.2 Å². The molecule has 18 heavy (non-hydrogen) atoms. The summed E-state index contributed by atoms with van der Waals surface area (Å²) in [6.45, 7) is 0.953. The van der Waals surface area contributed by atoms with Crippen LogP contribution in [-0.4, -0.2) is 31.1 Å². The number of rotatable bonds is 4. The Hall–Kier alpha value is -0.570. The molecule has 1 N–H and O–H groups in total. The van der Waals surface area contributed by atoms with Gasteiger partial charge in [-0.3, -0.25) is 4.90 Å². The molecule has 0 heterocycles. The topological polar surface area (TPSA) is 15.3 Å². The van der Waals surface area contributed by atoms with Crippen LogP contribution in [0.4, 0.5) is 0 Å². The molecule has 1 saturated carbocycles. The fourth-order valence-electron chi connectivity index (χ4n) is 2.83. The third-order valence-electron chi connectivity index (χ3n) is 4.11. The number of halogens is 1. The molecule has 0 unspecified atom stereocenters. The van der Waals surface area contributed by atoms with Crippen molar-refractivity contribution in [2.75, 3.05) is 14.1 Å². The van der Waals surface area contributed by atoms with Gasteiger partial charge in [0.15, 0.2) is 0 Å². The molecule has 1 aliphatic rings. The molecule has 0 aromatic heterocycles.